The lowest BCUT2D eigenvalue weighted by Crippen LogP contribution is -2.52. The Morgan fingerprint density at radius 1 is 0.622 bits per heavy atom. The van der Waals surface area contributed by atoms with Crippen molar-refractivity contribution >= 4 is 52.0 Å². The lowest BCUT2D eigenvalue weighted by molar-refractivity contribution is -0.243. The second-order valence-corrected chi connectivity index (χ2v) is 34.3. The number of hydrogen-bond donors (Lipinski definition) is 2. The highest BCUT2D eigenvalue weighted by molar-refractivity contribution is 6.74. The van der Waals surface area contributed by atoms with Gasteiger partial charge in [0, 0.05) is 48.9 Å². The molecule has 2 heterocycles. The molecule has 2 fully saturated rings. The molecule has 2 aromatic carbocycles. The van der Waals surface area contributed by atoms with Crippen LogP contribution in [0.1, 0.15) is 141 Å². The Kier molecular flexibility index (Phi) is 20.8. The largest absolute Gasteiger partial charge is 0.460 e. The van der Waals surface area contributed by atoms with Gasteiger partial charge in [-0.3, -0.25) is 19.2 Å². The third-order valence-electron chi connectivity index (χ3n) is 15.6. The van der Waals surface area contributed by atoms with E-state index >= 15 is 0 Å². The SMILES string of the molecule is CC(=O)OC1[C@H](Oc2ccc(CC(=O)[C@H](CC(=O)Nc3ccc(O[C@@H]4OC(C)[C@@H](C)[C@H](C)C4OC(C)=O)c(CO[Si](C)(C)C(C)(C)C)c3)NC(=O)OC(C)(C)C)cc2CO[Si](C)(C)C(C)(C)C)OC(C)[C@@H](C)[C@@H]1C. The second kappa shape index (κ2) is 24.8. The van der Waals surface area contributed by atoms with E-state index in [4.69, 9.17) is 42.0 Å². The zero-order chi connectivity index (χ0) is 56.1. The molecule has 0 bridgehead atoms. The van der Waals surface area contributed by atoms with Gasteiger partial charge in [-0.2, -0.15) is 0 Å². The monoisotopic (exact) mass is 1070 g/mol. The Bertz CT molecular complexity index is 2280. The Morgan fingerprint density at radius 3 is 1.47 bits per heavy atom. The molecular weight excluding hydrogens is 981 g/mol. The number of ether oxygens (including phenoxy) is 7. The van der Waals surface area contributed by atoms with E-state index in [1.807, 2.05) is 33.8 Å². The first-order valence-corrected chi connectivity index (χ1v) is 32.0. The number of ketones is 1. The number of carbonyl (C=O) groups is 5. The number of nitrogens with one attached hydrogen (secondary N) is 2. The molecule has 16 nitrogen and oxygen atoms in total. The van der Waals surface area contributed by atoms with E-state index in [1.54, 1.807) is 51.1 Å². The summed E-state index contributed by atoms with van der Waals surface area (Å²) in [6.45, 7) is 41.7. The molecule has 0 radical (unpaired) electrons. The molecule has 18 heteroatoms. The van der Waals surface area contributed by atoms with Crippen molar-refractivity contribution in [3.05, 3.63) is 53.1 Å². The summed E-state index contributed by atoms with van der Waals surface area (Å²) >= 11 is 0. The number of carbonyl (C=O) groups excluding carboxylic acids is 5. The number of rotatable bonds is 19. The van der Waals surface area contributed by atoms with Gasteiger partial charge in [-0.1, -0.05) is 75.3 Å². The minimum absolute atomic E-state index is 0.0682. The van der Waals surface area contributed by atoms with Gasteiger partial charge in [0.25, 0.3) is 0 Å². The summed E-state index contributed by atoms with van der Waals surface area (Å²) in [5.41, 5.74) is 1.36. The predicted molar refractivity (Wildman–Crippen MR) is 290 cm³/mol. The molecule has 2 aliphatic rings. The van der Waals surface area contributed by atoms with Crippen LogP contribution in [-0.4, -0.2) is 95.0 Å². The standard InChI is InChI=1S/C56H90N2O14Si2/c1-32-34(3)49(68-38(7)59)51(66-36(32)5)70-46-24-22-40(26-41(46)30-64-73(18,19)55(12,13)14)27-45(61)44(58-53(63)72-54(9,10)11)29-48(62)57-43-23-25-47(42(28-43)31-65-74(20,21)56(15,16)17)71-52-50(69-39(8)60)35(4)33(2)37(6)67-52/h22-26,28,32-37,44,49-52H,27,29-31H2,1-21H3,(H,57,62)(H,58,63)/t32-,33-,34-,35-,36?,37?,44-,49?,50?,51-,52-/m0/s1. The zero-order valence-electron chi connectivity index (χ0n) is 48.4. The van der Waals surface area contributed by atoms with Gasteiger partial charge >= 0.3 is 18.0 Å². The first-order valence-electron chi connectivity index (χ1n) is 26.2. The van der Waals surface area contributed by atoms with Crippen LogP contribution in [0.25, 0.3) is 0 Å². The van der Waals surface area contributed by atoms with Crippen molar-refractivity contribution < 1.29 is 66.0 Å². The van der Waals surface area contributed by atoms with Gasteiger partial charge in [0.2, 0.25) is 18.5 Å². The van der Waals surface area contributed by atoms with E-state index in [0.29, 0.717) is 33.9 Å². The van der Waals surface area contributed by atoms with Crippen molar-refractivity contribution in [1.29, 1.82) is 0 Å². The molecule has 11 atom stereocenters. The fourth-order valence-corrected chi connectivity index (χ4v) is 10.0. The van der Waals surface area contributed by atoms with Crippen LogP contribution in [0.15, 0.2) is 36.4 Å². The van der Waals surface area contributed by atoms with Crippen molar-refractivity contribution in [2.45, 2.75) is 229 Å². The van der Waals surface area contributed by atoms with Gasteiger partial charge < -0.3 is 52.6 Å². The number of benzene rings is 2. The number of esters is 2. The van der Waals surface area contributed by atoms with E-state index in [-0.39, 0.29) is 65.6 Å². The van der Waals surface area contributed by atoms with Gasteiger partial charge in [-0.15, -0.1) is 0 Å². The molecule has 2 aromatic rings. The summed E-state index contributed by atoms with van der Waals surface area (Å²) < 4.78 is 56.2. The number of Topliss-reactive ketones (excluding diaryl/α,β-unsaturated/α-hetero) is 1. The van der Waals surface area contributed by atoms with Crippen LogP contribution in [0.5, 0.6) is 11.5 Å². The zero-order valence-corrected chi connectivity index (χ0v) is 50.4. The molecule has 2 saturated heterocycles. The van der Waals surface area contributed by atoms with Crippen molar-refractivity contribution in [3.63, 3.8) is 0 Å². The summed E-state index contributed by atoms with van der Waals surface area (Å²) in [6.07, 6.45) is -5.00. The molecule has 74 heavy (non-hydrogen) atoms. The van der Waals surface area contributed by atoms with E-state index in [1.165, 1.54) is 13.8 Å². The van der Waals surface area contributed by atoms with E-state index < -0.39 is 89.2 Å². The highest BCUT2D eigenvalue weighted by Gasteiger charge is 2.46. The molecule has 0 saturated carbocycles. The lowest BCUT2D eigenvalue weighted by Gasteiger charge is -2.42. The van der Waals surface area contributed by atoms with Crippen LogP contribution in [0.4, 0.5) is 10.5 Å². The van der Waals surface area contributed by atoms with Gasteiger partial charge in [-0.25, -0.2) is 4.79 Å². The van der Waals surface area contributed by atoms with Gasteiger partial charge in [0.05, 0.1) is 37.9 Å². The molecule has 2 aliphatic heterocycles. The van der Waals surface area contributed by atoms with E-state index in [2.05, 4.69) is 92.2 Å². The molecule has 0 aliphatic carbocycles. The quantitative estimate of drug-likeness (QED) is 0.0767. The third-order valence-corrected chi connectivity index (χ3v) is 24.6. The summed E-state index contributed by atoms with van der Waals surface area (Å²) in [5, 5.41) is 5.39. The van der Waals surface area contributed by atoms with Crippen LogP contribution >= 0.6 is 0 Å². The molecule has 0 aromatic heterocycles. The highest BCUT2D eigenvalue weighted by atomic mass is 28.4. The number of hydrogen-bond acceptors (Lipinski definition) is 14. The average Bonchev–Trinajstić information content (AvgIpc) is 3.25. The van der Waals surface area contributed by atoms with Gasteiger partial charge in [0.15, 0.2) is 34.6 Å². The van der Waals surface area contributed by atoms with E-state index in [9.17, 15) is 24.0 Å². The van der Waals surface area contributed by atoms with Crippen LogP contribution in [0, 0.1) is 23.7 Å². The first-order chi connectivity index (χ1) is 33.9. The molecule has 416 valence electrons. The highest BCUT2D eigenvalue weighted by Crippen LogP contribution is 2.41. The van der Waals surface area contributed by atoms with Crippen molar-refractivity contribution in [3.8, 4) is 11.5 Å². The Hall–Kier alpha value is -4.34. The molecule has 0 spiro atoms. The first kappa shape index (κ1) is 62.2. The van der Waals surface area contributed by atoms with Crippen molar-refractivity contribution in [1.82, 2.24) is 5.32 Å². The fourth-order valence-electron chi connectivity index (χ4n) is 8.15. The van der Waals surface area contributed by atoms with Gasteiger partial charge in [0.1, 0.15) is 17.1 Å². The van der Waals surface area contributed by atoms with Crippen molar-refractivity contribution in [2.24, 2.45) is 23.7 Å². The minimum atomic E-state index is -2.30. The summed E-state index contributed by atoms with van der Waals surface area (Å²) in [7, 11) is -4.60. The lowest BCUT2D eigenvalue weighted by atomic mass is 9.84. The predicted octanol–water partition coefficient (Wildman–Crippen LogP) is 11.4. The maximum Gasteiger partial charge on any atom is 0.408 e. The molecule has 4 unspecified atom stereocenters. The van der Waals surface area contributed by atoms with Crippen LogP contribution in [0.3, 0.4) is 0 Å². The Morgan fingerprint density at radius 2 is 1.05 bits per heavy atom. The maximum absolute atomic E-state index is 14.5. The molecule has 4 rings (SSSR count). The maximum atomic E-state index is 14.5. The van der Waals surface area contributed by atoms with Crippen molar-refractivity contribution in [2.75, 3.05) is 5.32 Å². The van der Waals surface area contributed by atoms with Crippen LogP contribution < -0.4 is 20.1 Å². The second-order valence-electron chi connectivity index (χ2n) is 24.7. The molecule has 2 N–H and O–H groups in total. The van der Waals surface area contributed by atoms with Gasteiger partial charge in [-0.05, 0) is 119 Å². The molecular formula is C56H90N2O14Si2. The summed E-state index contributed by atoms with van der Waals surface area (Å²) in [4.78, 5) is 66.5. The van der Waals surface area contributed by atoms with Crippen LogP contribution in [0.2, 0.25) is 36.3 Å². The topological polar surface area (TPSA) is 192 Å². The fraction of sp³-hybridized carbons (Fsp3) is 0.696. The number of anilines is 1. The minimum Gasteiger partial charge on any atom is -0.460 e. The normalized spacial score (nSPS) is 25.3. The third kappa shape index (κ3) is 17.1. The average molecular weight is 1070 g/mol. The number of alkyl carbamates (subject to hydrolysis) is 1. The summed E-state index contributed by atoms with van der Waals surface area (Å²) in [6, 6.07) is 9.16. The Balaban J connectivity index is 1.68. The smallest absolute Gasteiger partial charge is 0.408 e. The number of amides is 2. The Labute approximate surface area is 443 Å². The molecule has 2 amide bonds. The van der Waals surface area contributed by atoms with Crippen LogP contribution in [-0.2, 0) is 71.3 Å². The van der Waals surface area contributed by atoms with E-state index in [0.717, 1.165) is 0 Å². The summed E-state index contributed by atoms with van der Waals surface area (Å²) in [5.74, 6) is -0.974.